The van der Waals surface area contributed by atoms with E-state index in [2.05, 4.69) is 10.6 Å². The van der Waals surface area contributed by atoms with Crippen LogP contribution >= 0.6 is 0 Å². The maximum atomic E-state index is 11.9. The van der Waals surface area contributed by atoms with Gasteiger partial charge >= 0.3 is 6.03 Å². The zero-order valence-corrected chi connectivity index (χ0v) is 13.2. The van der Waals surface area contributed by atoms with Gasteiger partial charge in [0.25, 0.3) is 0 Å². The second-order valence-corrected chi connectivity index (χ2v) is 6.00. The van der Waals surface area contributed by atoms with Gasteiger partial charge in [-0.2, -0.15) is 0 Å². The van der Waals surface area contributed by atoms with E-state index < -0.39 is 6.03 Å². The van der Waals surface area contributed by atoms with Gasteiger partial charge in [-0.15, -0.1) is 0 Å². The first-order valence-electron chi connectivity index (χ1n) is 7.98. The van der Waals surface area contributed by atoms with E-state index in [-0.39, 0.29) is 31.1 Å². The fraction of sp³-hybridized carbons (Fsp3) is 0.867. The molecule has 0 spiro atoms. The van der Waals surface area contributed by atoms with Crippen LogP contribution in [0.5, 0.6) is 0 Å². The first-order valence-corrected chi connectivity index (χ1v) is 7.98. The summed E-state index contributed by atoms with van der Waals surface area (Å²) in [6.07, 6.45) is 6.13. The summed E-state index contributed by atoms with van der Waals surface area (Å²) >= 11 is 0. The van der Waals surface area contributed by atoms with Crippen molar-refractivity contribution in [1.29, 1.82) is 0 Å². The van der Waals surface area contributed by atoms with E-state index >= 15 is 0 Å². The highest BCUT2D eigenvalue weighted by molar-refractivity contribution is 5.95. The molecule has 0 saturated heterocycles. The SMILES string of the molecule is CC(C)N(CCCO)CC(=O)NC(=O)NC1CCCCC1. The predicted octanol–water partition coefficient (Wildman–Crippen LogP) is 1.24. The van der Waals surface area contributed by atoms with Crippen LogP contribution in [0.4, 0.5) is 4.79 Å². The number of hydrogen-bond donors (Lipinski definition) is 3. The van der Waals surface area contributed by atoms with Crippen molar-refractivity contribution < 1.29 is 14.7 Å². The standard InChI is InChI=1S/C15H29N3O3/c1-12(2)18(9-6-10-19)11-14(20)17-15(21)16-13-7-4-3-5-8-13/h12-13,19H,3-11H2,1-2H3,(H2,16,17,20,21). The van der Waals surface area contributed by atoms with E-state index in [0.717, 1.165) is 25.7 Å². The summed E-state index contributed by atoms with van der Waals surface area (Å²) < 4.78 is 0. The third-order valence-electron chi connectivity index (χ3n) is 3.87. The predicted molar refractivity (Wildman–Crippen MR) is 82.0 cm³/mol. The van der Waals surface area contributed by atoms with Crippen molar-refractivity contribution in [2.75, 3.05) is 19.7 Å². The number of nitrogens with one attached hydrogen (secondary N) is 2. The Hall–Kier alpha value is -1.14. The Morgan fingerprint density at radius 2 is 1.90 bits per heavy atom. The molecule has 6 heteroatoms. The van der Waals surface area contributed by atoms with Crippen molar-refractivity contribution in [3.05, 3.63) is 0 Å². The van der Waals surface area contributed by atoms with E-state index in [1.54, 1.807) is 0 Å². The smallest absolute Gasteiger partial charge is 0.321 e. The topological polar surface area (TPSA) is 81.7 Å². The first kappa shape index (κ1) is 17.9. The number of urea groups is 1. The molecule has 0 aromatic carbocycles. The van der Waals surface area contributed by atoms with Crippen molar-refractivity contribution in [2.45, 2.75) is 64.5 Å². The Bertz CT molecular complexity index is 328. The highest BCUT2D eigenvalue weighted by atomic mass is 16.3. The van der Waals surface area contributed by atoms with Gasteiger partial charge in [0, 0.05) is 25.2 Å². The highest BCUT2D eigenvalue weighted by Crippen LogP contribution is 2.17. The molecule has 1 aliphatic rings. The van der Waals surface area contributed by atoms with E-state index in [4.69, 9.17) is 5.11 Å². The van der Waals surface area contributed by atoms with Crippen molar-refractivity contribution in [3.8, 4) is 0 Å². The molecule has 1 fully saturated rings. The van der Waals surface area contributed by atoms with Crippen molar-refractivity contribution in [1.82, 2.24) is 15.5 Å². The van der Waals surface area contributed by atoms with E-state index in [1.165, 1.54) is 6.42 Å². The van der Waals surface area contributed by atoms with Crippen LogP contribution in [0.25, 0.3) is 0 Å². The minimum absolute atomic E-state index is 0.104. The molecule has 0 heterocycles. The lowest BCUT2D eigenvalue weighted by atomic mass is 9.96. The zero-order valence-electron chi connectivity index (χ0n) is 13.2. The summed E-state index contributed by atoms with van der Waals surface area (Å²) in [6, 6.07) is 0.00334. The van der Waals surface area contributed by atoms with Gasteiger partial charge in [0.15, 0.2) is 0 Å². The van der Waals surface area contributed by atoms with E-state index in [1.807, 2.05) is 18.7 Å². The zero-order chi connectivity index (χ0) is 15.7. The summed E-state index contributed by atoms with van der Waals surface area (Å²) in [7, 11) is 0. The number of amides is 3. The molecule has 1 aliphatic carbocycles. The number of carbonyl (C=O) groups is 2. The monoisotopic (exact) mass is 299 g/mol. The Kier molecular flexibility index (Phi) is 8.30. The van der Waals surface area contributed by atoms with Gasteiger partial charge in [0.05, 0.1) is 6.54 Å². The summed E-state index contributed by atoms with van der Waals surface area (Å²) in [5.74, 6) is -0.296. The van der Waals surface area contributed by atoms with Crippen molar-refractivity contribution in [3.63, 3.8) is 0 Å². The van der Waals surface area contributed by atoms with E-state index in [0.29, 0.717) is 13.0 Å². The molecular weight excluding hydrogens is 270 g/mol. The lowest BCUT2D eigenvalue weighted by Crippen LogP contribution is -2.49. The molecule has 1 saturated carbocycles. The number of hydrogen-bond acceptors (Lipinski definition) is 4. The van der Waals surface area contributed by atoms with Gasteiger partial charge < -0.3 is 10.4 Å². The molecule has 0 atom stereocenters. The van der Waals surface area contributed by atoms with Gasteiger partial charge in [-0.1, -0.05) is 19.3 Å². The first-order chi connectivity index (χ1) is 10.0. The van der Waals surface area contributed by atoms with E-state index in [9.17, 15) is 9.59 Å². The molecule has 3 N–H and O–H groups in total. The number of aliphatic hydroxyl groups is 1. The maximum absolute atomic E-state index is 11.9. The minimum Gasteiger partial charge on any atom is -0.396 e. The average molecular weight is 299 g/mol. The normalized spacial score (nSPS) is 16.2. The number of aliphatic hydroxyl groups excluding tert-OH is 1. The molecule has 6 nitrogen and oxygen atoms in total. The molecule has 0 unspecified atom stereocenters. The molecule has 0 aromatic rings. The van der Waals surface area contributed by atoms with Gasteiger partial charge in [-0.3, -0.25) is 15.0 Å². The maximum Gasteiger partial charge on any atom is 0.321 e. The second kappa shape index (κ2) is 9.73. The summed E-state index contributed by atoms with van der Waals surface area (Å²) in [5, 5.41) is 14.1. The van der Waals surface area contributed by atoms with Crippen LogP contribution in [-0.4, -0.2) is 53.7 Å². The molecule has 0 bridgehead atoms. The number of imide groups is 1. The van der Waals surface area contributed by atoms with Crippen LogP contribution < -0.4 is 10.6 Å². The Morgan fingerprint density at radius 3 is 2.48 bits per heavy atom. The summed E-state index contributed by atoms with van der Waals surface area (Å²) in [6.45, 7) is 4.91. The molecular formula is C15H29N3O3. The van der Waals surface area contributed by atoms with Crippen LogP contribution in [0, 0.1) is 0 Å². The molecule has 1 rings (SSSR count). The Morgan fingerprint density at radius 1 is 1.24 bits per heavy atom. The van der Waals surface area contributed by atoms with Crippen LogP contribution in [0.3, 0.4) is 0 Å². The van der Waals surface area contributed by atoms with Crippen LogP contribution in [-0.2, 0) is 4.79 Å². The second-order valence-electron chi connectivity index (χ2n) is 6.00. The van der Waals surface area contributed by atoms with Crippen LogP contribution in [0.15, 0.2) is 0 Å². The summed E-state index contributed by atoms with van der Waals surface area (Å²) in [4.78, 5) is 25.6. The Labute approximate surface area is 127 Å². The average Bonchev–Trinajstić information content (AvgIpc) is 2.44. The molecule has 0 radical (unpaired) electrons. The quantitative estimate of drug-likeness (QED) is 0.660. The number of nitrogens with zero attached hydrogens (tertiary/aromatic N) is 1. The van der Waals surface area contributed by atoms with Gasteiger partial charge in [0.2, 0.25) is 5.91 Å². The Balaban J connectivity index is 2.31. The fourth-order valence-corrected chi connectivity index (χ4v) is 2.61. The molecule has 122 valence electrons. The number of carbonyl (C=O) groups excluding carboxylic acids is 2. The fourth-order valence-electron chi connectivity index (χ4n) is 2.61. The van der Waals surface area contributed by atoms with Crippen LogP contribution in [0.2, 0.25) is 0 Å². The third-order valence-corrected chi connectivity index (χ3v) is 3.87. The molecule has 21 heavy (non-hydrogen) atoms. The van der Waals surface area contributed by atoms with Crippen molar-refractivity contribution in [2.24, 2.45) is 0 Å². The van der Waals surface area contributed by atoms with Gasteiger partial charge in [-0.25, -0.2) is 4.79 Å². The molecule has 0 aromatic heterocycles. The van der Waals surface area contributed by atoms with Gasteiger partial charge in [-0.05, 0) is 33.1 Å². The highest BCUT2D eigenvalue weighted by Gasteiger charge is 2.19. The van der Waals surface area contributed by atoms with Crippen molar-refractivity contribution >= 4 is 11.9 Å². The molecule has 3 amide bonds. The largest absolute Gasteiger partial charge is 0.396 e. The summed E-state index contributed by atoms with van der Waals surface area (Å²) in [5.41, 5.74) is 0. The lowest BCUT2D eigenvalue weighted by Gasteiger charge is -2.26. The third kappa shape index (κ3) is 7.43. The molecule has 0 aliphatic heterocycles. The minimum atomic E-state index is -0.391. The van der Waals surface area contributed by atoms with Gasteiger partial charge in [0.1, 0.15) is 0 Å². The van der Waals surface area contributed by atoms with Crippen LogP contribution in [0.1, 0.15) is 52.4 Å². The lowest BCUT2D eigenvalue weighted by molar-refractivity contribution is -0.121. The number of rotatable bonds is 7.